The van der Waals surface area contributed by atoms with Crippen LogP contribution in [0, 0.1) is 0 Å². The van der Waals surface area contributed by atoms with Crippen LogP contribution in [-0.2, 0) is 47.6 Å². The molecule has 8 atom stereocenters. The molecule has 2 fully saturated rings. The molecule has 22 nitrogen and oxygen atoms in total. The van der Waals surface area contributed by atoms with Crippen molar-refractivity contribution in [2.45, 2.75) is 115 Å². The maximum Gasteiger partial charge on any atom is 0.409 e. The molecular formula is C42H70N10O12. The summed E-state index contributed by atoms with van der Waals surface area (Å²) in [5.74, 6) is -1.22. The molecule has 2 saturated heterocycles. The smallest absolute Gasteiger partial charge is 0.409 e. The van der Waals surface area contributed by atoms with Crippen molar-refractivity contribution < 1.29 is 57.2 Å². The third-order valence-electron chi connectivity index (χ3n) is 11.0. The van der Waals surface area contributed by atoms with Gasteiger partial charge in [-0.25, -0.2) is 19.2 Å². The zero-order chi connectivity index (χ0) is 47.3. The molecule has 4 N–H and O–H groups in total. The second-order valence-electron chi connectivity index (χ2n) is 16.4. The average Bonchev–Trinajstić information content (AvgIpc) is 3.25. The number of likely N-dealkylation sites (tertiary alicyclic amines) is 2. The first-order valence-electron chi connectivity index (χ1n) is 22.0. The van der Waals surface area contributed by atoms with E-state index in [2.05, 4.69) is 30.5 Å². The first-order valence-corrected chi connectivity index (χ1v) is 22.0. The highest BCUT2D eigenvalue weighted by Crippen LogP contribution is 2.30. The molecule has 0 bridgehead atoms. The number of piperidine rings is 2. The number of nitrogens with one attached hydrogen (secondary N) is 2. The second-order valence-corrected chi connectivity index (χ2v) is 16.4. The van der Waals surface area contributed by atoms with Crippen molar-refractivity contribution in [2.24, 2.45) is 10.8 Å². The van der Waals surface area contributed by atoms with Gasteiger partial charge in [-0.2, -0.15) is 0 Å². The van der Waals surface area contributed by atoms with Crippen molar-refractivity contribution in [2.75, 3.05) is 94.0 Å². The molecule has 0 aromatic heterocycles. The Kier molecular flexibility index (Phi) is 22.8. The minimum atomic E-state index is -0.625. The molecule has 2 heterocycles. The zero-order valence-corrected chi connectivity index (χ0v) is 38.7. The number of esters is 2. The van der Waals surface area contributed by atoms with Crippen molar-refractivity contribution in [3.05, 3.63) is 33.7 Å². The van der Waals surface area contributed by atoms with E-state index in [0.717, 1.165) is 38.8 Å². The van der Waals surface area contributed by atoms with Crippen LogP contribution in [0.3, 0.4) is 0 Å². The van der Waals surface area contributed by atoms with E-state index < -0.39 is 36.3 Å². The predicted molar refractivity (Wildman–Crippen MR) is 234 cm³/mol. The minimum Gasteiger partial charge on any atom is -0.463 e. The topological polar surface area (TPSA) is 270 Å². The highest BCUT2D eigenvalue weighted by molar-refractivity contribution is 5.89. The van der Waals surface area contributed by atoms with Crippen molar-refractivity contribution in [1.82, 2.24) is 30.2 Å². The number of rotatable bonds is 17. The summed E-state index contributed by atoms with van der Waals surface area (Å²) in [6.45, 7) is 10.5. The Morgan fingerprint density at radius 1 is 0.719 bits per heavy atom. The molecule has 0 spiro atoms. The van der Waals surface area contributed by atoms with E-state index in [0.29, 0.717) is 43.9 Å². The van der Waals surface area contributed by atoms with E-state index in [4.69, 9.17) is 39.7 Å². The summed E-state index contributed by atoms with van der Waals surface area (Å²) in [5.41, 5.74) is 16.4. The standard InChI is InChI=1S/C21H34N6O6.C21H36N4O6/c1-5-31-20(29)15-11-17(24-25-22)19(23-14(2)28)18(12-15)27-8-6-7-16(13-27)32-9-10-33-21(30)26(3)4;1-5-29-20(27)15-11-17(22)19(23-14(2)26)18(12-15)25-8-6-7-16(13-25)30-9-10-31-21(28)24(3)4/h12,16-19H,5-11,13H2,1-4H3,(H,23,28);12,16-19H,5-11,13,22H2,1-4H3,(H,23,26)/t2*16-,17-,18+,19+/m00/s1. The van der Waals surface area contributed by atoms with Gasteiger partial charge >= 0.3 is 24.1 Å². The Bertz CT molecular complexity index is 1690. The lowest BCUT2D eigenvalue weighted by Crippen LogP contribution is -2.62. The maximum atomic E-state index is 12.4. The van der Waals surface area contributed by atoms with E-state index in [1.807, 2.05) is 12.2 Å². The SMILES string of the molecule is CCOC(=O)C1=C[C@@H](N2CCC[C@H](OCCOC(=O)N(C)C)C2)[C@H](NC(C)=O)[C@@H](N)C1.CCOC(=O)C1=C[C@@H](N2CCC[C@H](OCCOC(=O)N(C)C)C2)[C@H](NC(C)=O)[C@@H](N=[N+]=[N-])C1. The van der Waals surface area contributed by atoms with Gasteiger partial charge in [-0.05, 0) is 71.0 Å². The van der Waals surface area contributed by atoms with Gasteiger partial charge in [0.15, 0.2) is 0 Å². The number of amides is 4. The molecular weight excluding hydrogens is 837 g/mol. The largest absolute Gasteiger partial charge is 0.463 e. The third-order valence-corrected chi connectivity index (χ3v) is 11.0. The summed E-state index contributed by atoms with van der Waals surface area (Å²) in [6, 6.07) is -2.42. The number of nitrogens with zero attached hydrogens (tertiary/aromatic N) is 7. The molecule has 2 aliphatic carbocycles. The van der Waals surface area contributed by atoms with Crippen LogP contribution in [0.25, 0.3) is 10.4 Å². The zero-order valence-electron chi connectivity index (χ0n) is 38.7. The Labute approximate surface area is 376 Å². The Morgan fingerprint density at radius 3 is 1.58 bits per heavy atom. The Morgan fingerprint density at radius 2 is 1.16 bits per heavy atom. The number of carbonyl (C=O) groups is 6. The lowest BCUT2D eigenvalue weighted by molar-refractivity contribution is -0.139. The van der Waals surface area contributed by atoms with Gasteiger partial charge < -0.3 is 54.6 Å². The van der Waals surface area contributed by atoms with Gasteiger partial charge in [0.1, 0.15) is 13.2 Å². The lowest BCUT2D eigenvalue weighted by atomic mass is 9.85. The van der Waals surface area contributed by atoms with Crippen LogP contribution in [-0.4, -0.2) is 198 Å². The van der Waals surface area contributed by atoms with Gasteiger partial charge in [-0.15, -0.1) is 0 Å². The molecule has 0 aromatic carbocycles. The Balaban J connectivity index is 0.000000341. The first-order chi connectivity index (χ1) is 30.5. The molecule has 360 valence electrons. The second kappa shape index (κ2) is 27.4. The van der Waals surface area contributed by atoms with Crippen LogP contribution in [0.15, 0.2) is 28.4 Å². The monoisotopic (exact) mass is 907 g/mol. The fraction of sp³-hybridized carbons (Fsp3) is 0.762. The highest BCUT2D eigenvalue weighted by atomic mass is 16.6. The molecule has 0 unspecified atom stereocenters. The van der Waals surface area contributed by atoms with Crippen LogP contribution in [0.4, 0.5) is 9.59 Å². The maximum absolute atomic E-state index is 12.4. The average molecular weight is 907 g/mol. The van der Waals surface area contributed by atoms with Crippen LogP contribution < -0.4 is 16.4 Å². The number of azide groups is 1. The number of hydrogen-bond acceptors (Lipinski definition) is 16. The molecule has 4 aliphatic rings. The van der Waals surface area contributed by atoms with Crippen LogP contribution in [0.1, 0.15) is 66.2 Å². The van der Waals surface area contributed by atoms with Gasteiger partial charge in [0.2, 0.25) is 11.8 Å². The lowest BCUT2D eigenvalue weighted by Gasteiger charge is -2.44. The van der Waals surface area contributed by atoms with Crippen molar-refractivity contribution >= 4 is 35.9 Å². The minimum absolute atomic E-state index is 0.0395. The third kappa shape index (κ3) is 17.2. The number of hydrogen-bond donors (Lipinski definition) is 3. The fourth-order valence-corrected chi connectivity index (χ4v) is 8.10. The molecule has 2 aliphatic heterocycles. The van der Waals surface area contributed by atoms with E-state index in [1.54, 1.807) is 42.0 Å². The van der Waals surface area contributed by atoms with E-state index in [9.17, 15) is 28.8 Å². The van der Waals surface area contributed by atoms with Gasteiger partial charge in [0.05, 0.1) is 62.8 Å². The number of ether oxygens (including phenoxy) is 6. The fourth-order valence-electron chi connectivity index (χ4n) is 8.10. The van der Waals surface area contributed by atoms with E-state index >= 15 is 0 Å². The van der Waals surface area contributed by atoms with Crippen LogP contribution in [0.5, 0.6) is 0 Å². The van der Waals surface area contributed by atoms with Crippen LogP contribution in [0.2, 0.25) is 0 Å². The van der Waals surface area contributed by atoms with Gasteiger partial charge in [-0.1, -0.05) is 17.3 Å². The molecule has 4 rings (SSSR count). The van der Waals surface area contributed by atoms with Crippen molar-refractivity contribution in [3.8, 4) is 0 Å². The molecule has 4 amide bonds. The van der Waals surface area contributed by atoms with E-state index in [-0.39, 0.29) is 81.0 Å². The summed E-state index contributed by atoms with van der Waals surface area (Å²) in [7, 11) is 6.47. The first kappa shape index (κ1) is 53.3. The molecule has 0 radical (unpaired) electrons. The molecule has 64 heavy (non-hydrogen) atoms. The summed E-state index contributed by atoms with van der Waals surface area (Å²) in [6.07, 6.45) is 6.73. The van der Waals surface area contributed by atoms with Crippen LogP contribution >= 0.6 is 0 Å². The van der Waals surface area contributed by atoms with Crippen molar-refractivity contribution in [3.63, 3.8) is 0 Å². The quantitative estimate of drug-likeness (QED) is 0.0470. The summed E-state index contributed by atoms with van der Waals surface area (Å²) in [5, 5.41) is 9.73. The van der Waals surface area contributed by atoms with Gasteiger partial charge in [-0.3, -0.25) is 19.4 Å². The number of carbonyl (C=O) groups excluding carboxylic acids is 6. The summed E-state index contributed by atoms with van der Waals surface area (Å²) < 4.78 is 32.4. The summed E-state index contributed by atoms with van der Waals surface area (Å²) >= 11 is 0. The molecule has 0 aromatic rings. The molecule has 0 saturated carbocycles. The van der Waals surface area contributed by atoms with E-state index in [1.165, 1.54) is 23.6 Å². The predicted octanol–water partition coefficient (Wildman–Crippen LogP) is 1.87. The number of nitrogens with two attached hydrogens (primary N) is 1. The summed E-state index contributed by atoms with van der Waals surface area (Å²) in [4.78, 5) is 81.4. The van der Waals surface area contributed by atoms with Crippen molar-refractivity contribution in [1.29, 1.82) is 0 Å². The molecule has 22 heteroatoms. The van der Waals surface area contributed by atoms with Gasteiger partial charge in [0, 0.05) is 83.3 Å². The Hall–Kier alpha value is -4.99. The highest BCUT2D eigenvalue weighted by Gasteiger charge is 2.41. The van der Waals surface area contributed by atoms with Gasteiger partial charge in [0.25, 0.3) is 0 Å². The normalized spacial score (nSPS) is 25.9.